The van der Waals surface area contributed by atoms with Crippen molar-refractivity contribution in [3.63, 3.8) is 0 Å². The van der Waals surface area contributed by atoms with E-state index in [2.05, 4.69) is 21.2 Å². The number of nitrogens with one attached hydrogen (secondary N) is 1. The van der Waals surface area contributed by atoms with Gasteiger partial charge in [-0.25, -0.2) is 13.6 Å². The Bertz CT molecular complexity index is 696. The molecule has 1 aliphatic carbocycles. The lowest BCUT2D eigenvalue weighted by molar-refractivity contribution is -0.0609. The number of urea groups is 1. The SMILES string of the molecule is CC(C)C1N(CC(=O)c2ccc(Br)cc2)C(=O)NC12CCC(F)(F)CC2. The summed E-state index contributed by atoms with van der Waals surface area (Å²) in [5, 5.41) is 2.95. The van der Waals surface area contributed by atoms with Gasteiger partial charge in [0, 0.05) is 22.9 Å². The van der Waals surface area contributed by atoms with Crippen LogP contribution in [-0.4, -0.2) is 40.8 Å². The summed E-state index contributed by atoms with van der Waals surface area (Å²) in [6.07, 6.45) is 0.00508. The highest BCUT2D eigenvalue weighted by molar-refractivity contribution is 9.10. The summed E-state index contributed by atoms with van der Waals surface area (Å²) in [6.45, 7) is 3.89. The summed E-state index contributed by atoms with van der Waals surface area (Å²) in [4.78, 5) is 26.8. The van der Waals surface area contributed by atoms with E-state index in [4.69, 9.17) is 0 Å². The number of rotatable bonds is 4. The third kappa shape index (κ3) is 3.63. The Morgan fingerprint density at radius 3 is 2.35 bits per heavy atom. The van der Waals surface area contributed by atoms with Crippen LogP contribution in [0.4, 0.5) is 13.6 Å². The quantitative estimate of drug-likeness (QED) is 0.710. The molecule has 3 rings (SSSR count). The number of nitrogens with zero attached hydrogens (tertiary/aromatic N) is 1. The highest BCUT2D eigenvalue weighted by Gasteiger charge is 2.56. The Kier molecular flexibility index (Phi) is 5.12. The number of benzene rings is 1. The van der Waals surface area contributed by atoms with E-state index in [0.717, 1.165) is 4.47 Å². The van der Waals surface area contributed by atoms with Crippen molar-refractivity contribution in [2.75, 3.05) is 6.54 Å². The Morgan fingerprint density at radius 2 is 1.81 bits per heavy atom. The zero-order chi connectivity index (χ0) is 19.1. The molecule has 1 unspecified atom stereocenters. The van der Waals surface area contributed by atoms with Crippen LogP contribution in [0, 0.1) is 5.92 Å². The Labute approximate surface area is 160 Å². The molecule has 1 aromatic carbocycles. The lowest BCUT2D eigenvalue weighted by Gasteiger charge is -2.43. The second-order valence-corrected chi connectivity index (χ2v) is 8.60. The molecule has 2 aliphatic rings. The Morgan fingerprint density at radius 1 is 1.23 bits per heavy atom. The number of amides is 2. The lowest BCUT2D eigenvalue weighted by atomic mass is 9.72. The summed E-state index contributed by atoms with van der Waals surface area (Å²) in [5.41, 5.74) is -0.146. The highest BCUT2D eigenvalue weighted by Crippen LogP contribution is 2.45. The molecule has 7 heteroatoms. The van der Waals surface area contributed by atoms with Gasteiger partial charge in [-0.3, -0.25) is 4.79 Å². The summed E-state index contributed by atoms with van der Waals surface area (Å²) in [7, 11) is 0. The second-order valence-electron chi connectivity index (χ2n) is 7.69. The molecular formula is C19H23BrF2N2O2. The minimum absolute atomic E-state index is 0.0472. The zero-order valence-corrected chi connectivity index (χ0v) is 16.5. The maximum atomic E-state index is 13.6. The van der Waals surface area contributed by atoms with Gasteiger partial charge in [0.15, 0.2) is 5.78 Å². The maximum Gasteiger partial charge on any atom is 0.318 e. The monoisotopic (exact) mass is 428 g/mol. The lowest BCUT2D eigenvalue weighted by Crippen LogP contribution is -2.56. The van der Waals surface area contributed by atoms with Crippen molar-refractivity contribution >= 4 is 27.7 Å². The summed E-state index contributed by atoms with van der Waals surface area (Å²) in [5.74, 6) is -2.77. The largest absolute Gasteiger partial charge is 0.330 e. The predicted molar refractivity (Wildman–Crippen MR) is 98.5 cm³/mol. The van der Waals surface area contributed by atoms with Crippen LogP contribution in [-0.2, 0) is 0 Å². The molecule has 1 saturated carbocycles. The van der Waals surface area contributed by atoms with Crippen LogP contribution in [0.15, 0.2) is 28.7 Å². The second kappa shape index (κ2) is 6.91. The number of alkyl halides is 2. The van der Waals surface area contributed by atoms with Crippen LogP contribution in [0.1, 0.15) is 49.9 Å². The van der Waals surface area contributed by atoms with E-state index in [-0.39, 0.29) is 56.0 Å². The van der Waals surface area contributed by atoms with Gasteiger partial charge in [0.1, 0.15) is 0 Å². The van der Waals surface area contributed by atoms with E-state index >= 15 is 0 Å². The van der Waals surface area contributed by atoms with Gasteiger partial charge in [-0.05, 0) is 30.9 Å². The standard InChI is InChI=1S/C19H23BrF2N2O2/c1-12(2)16-18(7-9-19(21,22)10-8-18)23-17(26)24(16)11-15(25)13-3-5-14(20)6-4-13/h3-6,12,16H,7-11H2,1-2H3,(H,23,26). The van der Waals surface area contributed by atoms with Crippen molar-refractivity contribution in [3.05, 3.63) is 34.3 Å². The number of hydrogen-bond acceptors (Lipinski definition) is 2. The summed E-state index contributed by atoms with van der Waals surface area (Å²) in [6, 6.07) is 6.37. The van der Waals surface area contributed by atoms with Gasteiger partial charge >= 0.3 is 6.03 Å². The van der Waals surface area contributed by atoms with Crippen molar-refractivity contribution in [1.82, 2.24) is 10.2 Å². The normalized spacial score (nSPS) is 24.2. The van der Waals surface area contributed by atoms with E-state index in [1.165, 1.54) is 0 Å². The molecule has 1 aromatic rings. The molecule has 1 atom stereocenters. The van der Waals surface area contributed by atoms with Crippen molar-refractivity contribution in [2.45, 2.75) is 57.0 Å². The zero-order valence-electron chi connectivity index (χ0n) is 14.9. The molecule has 1 N–H and O–H groups in total. The van der Waals surface area contributed by atoms with E-state index in [9.17, 15) is 18.4 Å². The predicted octanol–water partition coefficient (Wildman–Crippen LogP) is 4.63. The first kappa shape index (κ1) is 19.3. The molecule has 1 spiro atoms. The fraction of sp³-hybridized carbons (Fsp3) is 0.579. The highest BCUT2D eigenvalue weighted by atomic mass is 79.9. The molecule has 0 bridgehead atoms. The Balaban J connectivity index is 1.81. The number of ketones is 1. The first-order valence-corrected chi connectivity index (χ1v) is 9.68. The van der Waals surface area contributed by atoms with Crippen molar-refractivity contribution in [2.24, 2.45) is 5.92 Å². The van der Waals surface area contributed by atoms with E-state index < -0.39 is 11.5 Å². The van der Waals surface area contributed by atoms with Gasteiger partial charge in [0.2, 0.25) is 5.92 Å². The molecule has 4 nitrogen and oxygen atoms in total. The Hall–Kier alpha value is -1.50. The number of carbonyl (C=O) groups excluding carboxylic acids is 2. The average molecular weight is 429 g/mol. The van der Waals surface area contributed by atoms with Gasteiger partial charge in [0.25, 0.3) is 0 Å². The van der Waals surface area contributed by atoms with Crippen LogP contribution >= 0.6 is 15.9 Å². The number of carbonyl (C=O) groups is 2. The fourth-order valence-electron chi connectivity index (χ4n) is 4.32. The topological polar surface area (TPSA) is 49.4 Å². The first-order valence-electron chi connectivity index (χ1n) is 8.89. The third-order valence-corrected chi connectivity index (χ3v) is 6.03. The van der Waals surface area contributed by atoms with Gasteiger partial charge in [-0.2, -0.15) is 0 Å². The number of hydrogen-bond donors (Lipinski definition) is 1. The van der Waals surface area contributed by atoms with Gasteiger partial charge in [0.05, 0.1) is 18.1 Å². The smallest absolute Gasteiger partial charge is 0.318 e. The first-order chi connectivity index (χ1) is 12.1. The van der Waals surface area contributed by atoms with Crippen LogP contribution in [0.3, 0.4) is 0 Å². The molecule has 2 amide bonds. The molecule has 0 aromatic heterocycles. The molecule has 142 valence electrons. The third-order valence-electron chi connectivity index (χ3n) is 5.50. The average Bonchev–Trinajstić information content (AvgIpc) is 2.83. The van der Waals surface area contributed by atoms with Gasteiger partial charge in [-0.1, -0.05) is 41.9 Å². The number of halogens is 3. The summed E-state index contributed by atoms with van der Waals surface area (Å²) < 4.78 is 28.2. The number of Topliss-reactive ketones (excluding diaryl/α,β-unsaturated/α-hetero) is 1. The molecule has 2 fully saturated rings. The van der Waals surface area contributed by atoms with Gasteiger partial charge in [-0.15, -0.1) is 0 Å². The minimum atomic E-state index is -2.67. The molecular weight excluding hydrogens is 406 g/mol. The summed E-state index contributed by atoms with van der Waals surface area (Å²) >= 11 is 3.33. The molecule has 1 aliphatic heterocycles. The van der Waals surface area contributed by atoms with E-state index in [1.807, 2.05) is 13.8 Å². The molecule has 0 radical (unpaired) electrons. The minimum Gasteiger partial charge on any atom is -0.330 e. The van der Waals surface area contributed by atoms with Crippen LogP contribution < -0.4 is 5.32 Å². The van der Waals surface area contributed by atoms with Crippen LogP contribution in [0.25, 0.3) is 0 Å². The van der Waals surface area contributed by atoms with Crippen LogP contribution in [0.2, 0.25) is 0 Å². The van der Waals surface area contributed by atoms with Crippen molar-refractivity contribution in [1.29, 1.82) is 0 Å². The van der Waals surface area contributed by atoms with Gasteiger partial charge < -0.3 is 10.2 Å². The molecule has 26 heavy (non-hydrogen) atoms. The van der Waals surface area contributed by atoms with Crippen molar-refractivity contribution in [3.8, 4) is 0 Å². The molecule has 1 saturated heterocycles. The van der Waals surface area contributed by atoms with Crippen molar-refractivity contribution < 1.29 is 18.4 Å². The van der Waals surface area contributed by atoms with Crippen LogP contribution in [0.5, 0.6) is 0 Å². The van der Waals surface area contributed by atoms with E-state index in [1.54, 1.807) is 29.2 Å². The molecule has 1 heterocycles. The van der Waals surface area contributed by atoms with E-state index in [0.29, 0.717) is 5.56 Å². The maximum absolute atomic E-state index is 13.6. The fourth-order valence-corrected chi connectivity index (χ4v) is 4.58.